The van der Waals surface area contributed by atoms with E-state index < -0.39 is 5.41 Å². The van der Waals surface area contributed by atoms with Crippen molar-refractivity contribution in [1.29, 1.82) is 0 Å². The van der Waals surface area contributed by atoms with E-state index in [1.54, 1.807) is 0 Å². The molecule has 0 amide bonds. The van der Waals surface area contributed by atoms with Gasteiger partial charge in [0.05, 0.1) is 7.11 Å². The fraction of sp³-hybridized carbons (Fsp3) is 0.692. The van der Waals surface area contributed by atoms with Crippen LogP contribution in [-0.4, -0.2) is 18.9 Å². The fourth-order valence-electron chi connectivity index (χ4n) is 2.88. The number of hydrogen-bond donors (Lipinski definition) is 0. The van der Waals surface area contributed by atoms with E-state index in [1.807, 2.05) is 12.2 Å². The number of carbonyl (C=O) groups excluding carboxylic acids is 2. The Labute approximate surface area is 95.9 Å². The molecule has 0 heterocycles. The Balaban J connectivity index is 2.35. The lowest BCUT2D eigenvalue weighted by Gasteiger charge is -2.35. The van der Waals surface area contributed by atoms with Gasteiger partial charge in [0.1, 0.15) is 5.41 Å². The van der Waals surface area contributed by atoms with E-state index in [1.165, 1.54) is 7.11 Å². The highest BCUT2D eigenvalue weighted by atomic mass is 16.5. The molecule has 2 aliphatic rings. The standard InChI is InChI=1S/C13H18O3/c1-16-12(15)13-8-4-2-3-6-10(11(13)14)7-5-9-13/h5,7,10H,2-4,6,8-9H2,1H3. The molecule has 2 unspecified atom stereocenters. The van der Waals surface area contributed by atoms with Gasteiger partial charge in [-0.15, -0.1) is 0 Å². The van der Waals surface area contributed by atoms with E-state index in [-0.39, 0.29) is 17.7 Å². The molecule has 16 heavy (non-hydrogen) atoms. The van der Waals surface area contributed by atoms with Crippen LogP contribution in [0.2, 0.25) is 0 Å². The maximum absolute atomic E-state index is 12.4. The van der Waals surface area contributed by atoms with E-state index in [2.05, 4.69) is 0 Å². The normalized spacial score (nSPS) is 34.1. The van der Waals surface area contributed by atoms with Gasteiger partial charge in [-0.2, -0.15) is 0 Å². The van der Waals surface area contributed by atoms with Crippen LogP contribution in [0, 0.1) is 11.3 Å². The lowest BCUT2D eigenvalue weighted by molar-refractivity contribution is -0.160. The number of carbonyl (C=O) groups is 2. The van der Waals surface area contributed by atoms with Gasteiger partial charge in [0.25, 0.3) is 0 Å². The van der Waals surface area contributed by atoms with Gasteiger partial charge in [0.15, 0.2) is 5.78 Å². The Morgan fingerprint density at radius 1 is 1.44 bits per heavy atom. The molecular formula is C13H18O3. The number of ketones is 1. The van der Waals surface area contributed by atoms with Gasteiger partial charge < -0.3 is 4.74 Å². The molecule has 3 heteroatoms. The molecular weight excluding hydrogens is 204 g/mol. The van der Waals surface area contributed by atoms with Crippen LogP contribution in [-0.2, 0) is 14.3 Å². The molecule has 1 saturated carbocycles. The highest BCUT2D eigenvalue weighted by molar-refractivity contribution is 6.06. The predicted octanol–water partition coefficient (Wildman–Crippen LogP) is 2.26. The Morgan fingerprint density at radius 2 is 2.25 bits per heavy atom. The zero-order chi connectivity index (χ0) is 11.6. The second-order valence-electron chi connectivity index (χ2n) is 4.78. The number of allylic oxidation sites excluding steroid dienone is 2. The summed E-state index contributed by atoms with van der Waals surface area (Å²) in [5.41, 5.74) is -0.866. The minimum absolute atomic E-state index is 0.0619. The van der Waals surface area contributed by atoms with Gasteiger partial charge in [-0.05, 0) is 19.3 Å². The van der Waals surface area contributed by atoms with Crippen molar-refractivity contribution in [3.63, 3.8) is 0 Å². The molecule has 0 radical (unpaired) electrons. The third kappa shape index (κ3) is 1.68. The molecule has 2 atom stereocenters. The molecule has 0 aromatic carbocycles. The molecule has 2 rings (SSSR count). The highest BCUT2D eigenvalue weighted by Gasteiger charge is 2.49. The molecule has 2 aliphatic carbocycles. The van der Waals surface area contributed by atoms with E-state index in [9.17, 15) is 9.59 Å². The largest absolute Gasteiger partial charge is 0.468 e. The van der Waals surface area contributed by atoms with Gasteiger partial charge >= 0.3 is 5.97 Å². The van der Waals surface area contributed by atoms with Crippen molar-refractivity contribution in [2.45, 2.75) is 38.5 Å². The first kappa shape index (κ1) is 11.4. The molecule has 2 bridgehead atoms. The smallest absolute Gasteiger partial charge is 0.319 e. The zero-order valence-corrected chi connectivity index (χ0v) is 9.70. The molecule has 88 valence electrons. The minimum Gasteiger partial charge on any atom is -0.468 e. The average molecular weight is 222 g/mol. The lowest BCUT2D eigenvalue weighted by atomic mass is 9.66. The summed E-state index contributed by atoms with van der Waals surface area (Å²) in [6, 6.07) is 0. The van der Waals surface area contributed by atoms with Gasteiger partial charge in [-0.3, -0.25) is 9.59 Å². The monoisotopic (exact) mass is 222 g/mol. The molecule has 0 spiro atoms. The maximum Gasteiger partial charge on any atom is 0.319 e. The van der Waals surface area contributed by atoms with Crippen LogP contribution in [0.25, 0.3) is 0 Å². The molecule has 0 saturated heterocycles. The van der Waals surface area contributed by atoms with Crippen LogP contribution in [0.5, 0.6) is 0 Å². The van der Waals surface area contributed by atoms with Crippen LogP contribution in [0.15, 0.2) is 12.2 Å². The number of ether oxygens (including phenoxy) is 1. The summed E-state index contributed by atoms with van der Waals surface area (Å²) in [5.74, 6) is -0.316. The number of Topliss-reactive ketones (excluding diaryl/α,β-unsaturated/α-hetero) is 1. The third-order valence-corrected chi connectivity index (χ3v) is 3.84. The molecule has 0 N–H and O–H groups in total. The molecule has 1 fully saturated rings. The Hall–Kier alpha value is -1.12. The van der Waals surface area contributed by atoms with E-state index in [0.717, 1.165) is 25.7 Å². The molecule has 3 nitrogen and oxygen atoms in total. The first-order valence-electron chi connectivity index (χ1n) is 6.00. The van der Waals surface area contributed by atoms with Crippen molar-refractivity contribution in [1.82, 2.24) is 0 Å². The van der Waals surface area contributed by atoms with E-state index in [4.69, 9.17) is 4.74 Å². The van der Waals surface area contributed by atoms with Crippen LogP contribution in [0.1, 0.15) is 38.5 Å². The lowest BCUT2D eigenvalue weighted by Crippen LogP contribution is -2.45. The number of methoxy groups -OCH3 is 1. The van der Waals surface area contributed by atoms with Gasteiger partial charge in [-0.1, -0.05) is 31.4 Å². The van der Waals surface area contributed by atoms with E-state index in [0.29, 0.717) is 12.8 Å². The zero-order valence-electron chi connectivity index (χ0n) is 9.70. The highest BCUT2D eigenvalue weighted by Crippen LogP contribution is 2.41. The summed E-state index contributed by atoms with van der Waals surface area (Å²) in [4.78, 5) is 24.2. The molecule has 0 aromatic rings. The second-order valence-corrected chi connectivity index (χ2v) is 4.78. The Kier molecular flexibility index (Phi) is 3.13. The summed E-state index contributed by atoms with van der Waals surface area (Å²) in [6.07, 6.45) is 9.14. The van der Waals surface area contributed by atoms with Crippen LogP contribution < -0.4 is 0 Å². The van der Waals surface area contributed by atoms with Gasteiger partial charge in [0, 0.05) is 5.92 Å². The minimum atomic E-state index is -0.866. The van der Waals surface area contributed by atoms with Crippen molar-refractivity contribution in [3.05, 3.63) is 12.2 Å². The Morgan fingerprint density at radius 3 is 3.00 bits per heavy atom. The van der Waals surface area contributed by atoms with Crippen molar-refractivity contribution >= 4 is 11.8 Å². The predicted molar refractivity (Wildman–Crippen MR) is 59.8 cm³/mol. The number of rotatable bonds is 1. The summed E-state index contributed by atoms with van der Waals surface area (Å²) in [7, 11) is 1.37. The van der Waals surface area contributed by atoms with Crippen LogP contribution >= 0.6 is 0 Å². The number of hydrogen-bond acceptors (Lipinski definition) is 3. The van der Waals surface area contributed by atoms with Crippen molar-refractivity contribution in [3.8, 4) is 0 Å². The summed E-state index contributed by atoms with van der Waals surface area (Å²) >= 11 is 0. The summed E-state index contributed by atoms with van der Waals surface area (Å²) < 4.78 is 4.84. The van der Waals surface area contributed by atoms with Crippen molar-refractivity contribution in [2.24, 2.45) is 11.3 Å². The van der Waals surface area contributed by atoms with Crippen LogP contribution in [0.3, 0.4) is 0 Å². The molecule has 0 aromatic heterocycles. The number of esters is 1. The maximum atomic E-state index is 12.4. The first-order chi connectivity index (χ1) is 7.70. The van der Waals surface area contributed by atoms with Crippen molar-refractivity contribution < 1.29 is 14.3 Å². The fourth-order valence-corrected chi connectivity index (χ4v) is 2.88. The first-order valence-corrected chi connectivity index (χ1v) is 6.00. The SMILES string of the molecule is COC(=O)C12CC=CC(CCCCC1)C2=O. The quantitative estimate of drug-likeness (QED) is 0.388. The van der Waals surface area contributed by atoms with Gasteiger partial charge in [-0.25, -0.2) is 0 Å². The average Bonchev–Trinajstić information content (AvgIpc) is 2.31. The Bertz CT molecular complexity index is 332. The van der Waals surface area contributed by atoms with Gasteiger partial charge in [0.2, 0.25) is 0 Å². The molecule has 0 aliphatic heterocycles. The topological polar surface area (TPSA) is 43.4 Å². The summed E-state index contributed by atoms with van der Waals surface area (Å²) in [5, 5.41) is 0. The summed E-state index contributed by atoms with van der Waals surface area (Å²) in [6.45, 7) is 0. The van der Waals surface area contributed by atoms with E-state index >= 15 is 0 Å². The third-order valence-electron chi connectivity index (χ3n) is 3.84. The van der Waals surface area contributed by atoms with Crippen molar-refractivity contribution in [2.75, 3.05) is 7.11 Å². The van der Waals surface area contributed by atoms with Crippen LogP contribution in [0.4, 0.5) is 0 Å². The second kappa shape index (κ2) is 4.40. The number of fused-ring (bicyclic) bond motifs is 2.